The fourth-order valence-corrected chi connectivity index (χ4v) is 3.41. The summed E-state index contributed by atoms with van der Waals surface area (Å²) >= 11 is 0. The molecule has 0 bridgehead atoms. The molecule has 0 aromatic rings. The first-order chi connectivity index (χ1) is 9.10. The van der Waals surface area contributed by atoms with E-state index in [-0.39, 0.29) is 12.5 Å². The van der Waals surface area contributed by atoms with E-state index in [0.29, 0.717) is 31.0 Å². The molecule has 0 spiro atoms. The van der Waals surface area contributed by atoms with Gasteiger partial charge in [0.1, 0.15) is 0 Å². The number of hydrogen-bond donors (Lipinski definition) is 1. The highest BCUT2D eigenvalue weighted by atomic mass is 16.3. The third-order valence-corrected chi connectivity index (χ3v) is 4.54. The van der Waals surface area contributed by atoms with Crippen molar-refractivity contribution in [1.82, 2.24) is 9.80 Å². The van der Waals surface area contributed by atoms with Gasteiger partial charge in [0.05, 0.1) is 13.2 Å². The minimum absolute atomic E-state index is 0.149. The summed E-state index contributed by atoms with van der Waals surface area (Å²) in [5.41, 5.74) is 0. The molecule has 0 radical (unpaired) electrons. The average molecular weight is 268 g/mol. The molecule has 0 aromatic heterocycles. The number of rotatable bonds is 5. The first kappa shape index (κ1) is 14.8. The van der Waals surface area contributed by atoms with E-state index in [1.807, 2.05) is 4.90 Å². The maximum atomic E-state index is 12.4. The predicted octanol–water partition coefficient (Wildman–Crippen LogP) is 1.34. The lowest BCUT2D eigenvalue weighted by Gasteiger charge is -2.40. The summed E-state index contributed by atoms with van der Waals surface area (Å²) < 4.78 is 0. The Morgan fingerprint density at radius 2 is 1.89 bits per heavy atom. The summed E-state index contributed by atoms with van der Waals surface area (Å²) in [6, 6.07) is 0.524. The molecule has 4 nitrogen and oxygen atoms in total. The van der Waals surface area contributed by atoms with Gasteiger partial charge in [0.25, 0.3) is 0 Å². The van der Waals surface area contributed by atoms with Crippen molar-refractivity contribution < 1.29 is 9.90 Å². The van der Waals surface area contributed by atoms with E-state index in [9.17, 15) is 4.79 Å². The number of piperidine rings is 1. The Bertz CT molecular complexity index is 295. The van der Waals surface area contributed by atoms with Crippen LogP contribution in [0, 0.1) is 11.8 Å². The van der Waals surface area contributed by atoms with Crippen LogP contribution in [-0.2, 0) is 4.79 Å². The lowest BCUT2D eigenvalue weighted by Crippen LogP contribution is -2.50. The first-order valence-electron chi connectivity index (χ1n) is 7.72. The van der Waals surface area contributed by atoms with Gasteiger partial charge >= 0.3 is 0 Å². The molecule has 1 heterocycles. The number of hydrogen-bond acceptors (Lipinski definition) is 3. The van der Waals surface area contributed by atoms with Crippen molar-refractivity contribution in [3.8, 4) is 0 Å². The highest BCUT2D eigenvalue weighted by molar-refractivity contribution is 5.78. The summed E-state index contributed by atoms with van der Waals surface area (Å²) in [5.74, 6) is 1.48. The Morgan fingerprint density at radius 1 is 1.26 bits per heavy atom. The Kier molecular flexibility index (Phi) is 5.22. The third kappa shape index (κ3) is 3.93. The number of amides is 1. The van der Waals surface area contributed by atoms with Gasteiger partial charge < -0.3 is 10.0 Å². The molecule has 4 heteroatoms. The van der Waals surface area contributed by atoms with E-state index >= 15 is 0 Å². The summed E-state index contributed by atoms with van der Waals surface area (Å²) in [5, 5.41) is 9.15. The van der Waals surface area contributed by atoms with Gasteiger partial charge in [-0.3, -0.25) is 9.69 Å². The zero-order valence-corrected chi connectivity index (χ0v) is 12.3. The maximum Gasteiger partial charge on any atom is 0.236 e. The predicted molar refractivity (Wildman–Crippen MR) is 75.8 cm³/mol. The van der Waals surface area contributed by atoms with E-state index in [1.54, 1.807) is 0 Å². The third-order valence-electron chi connectivity index (χ3n) is 4.54. The minimum atomic E-state index is 0.149. The Hall–Kier alpha value is -0.610. The monoisotopic (exact) mass is 268 g/mol. The molecule has 2 rings (SSSR count). The SMILES string of the molecule is CC1CC(C)CN(C(=O)CN(CCO)C2CCC2)C1. The quantitative estimate of drug-likeness (QED) is 0.818. The van der Waals surface area contributed by atoms with Crippen molar-refractivity contribution in [2.45, 2.75) is 45.6 Å². The second-order valence-corrected chi connectivity index (χ2v) is 6.52. The Morgan fingerprint density at radius 3 is 2.37 bits per heavy atom. The number of carbonyl (C=O) groups excluding carboxylic acids is 1. The minimum Gasteiger partial charge on any atom is -0.395 e. The van der Waals surface area contributed by atoms with Crippen molar-refractivity contribution in [3.63, 3.8) is 0 Å². The lowest BCUT2D eigenvalue weighted by atomic mass is 9.90. The van der Waals surface area contributed by atoms with Crippen LogP contribution in [0.25, 0.3) is 0 Å². The normalized spacial score (nSPS) is 28.5. The van der Waals surface area contributed by atoms with Gasteiger partial charge in [0.2, 0.25) is 5.91 Å². The molecule has 0 aromatic carbocycles. The second-order valence-electron chi connectivity index (χ2n) is 6.52. The average Bonchev–Trinajstić information content (AvgIpc) is 2.25. The lowest BCUT2D eigenvalue weighted by molar-refractivity contribution is -0.136. The topological polar surface area (TPSA) is 43.8 Å². The molecule has 1 saturated carbocycles. The second kappa shape index (κ2) is 6.71. The van der Waals surface area contributed by atoms with Gasteiger partial charge in [0, 0.05) is 25.7 Å². The van der Waals surface area contributed by atoms with Crippen LogP contribution in [0.1, 0.15) is 39.5 Å². The summed E-state index contributed by atoms with van der Waals surface area (Å²) in [7, 11) is 0. The van der Waals surface area contributed by atoms with Crippen LogP contribution in [0.3, 0.4) is 0 Å². The molecule has 110 valence electrons. The Balaban J connectivity index is 1.87. The first-order valence-corrected chi connectivity index (χ1v) is 7.72. The summed E-state index contributed by atoms with van der Waals surface area (Å²) in [6.07, 6.45) is 4.85. The van der Waals surface area contributed by atoms with Crippen molar-refractivity contribution in [2.24, 2.45) is 11.8 Å². The van der Waals surface area contributed by atoms with Crippen LogP contribution < -0.4 is 0 Å². The van der Waals surface area contributed by atoms with Crippen molar-refractivity contribution in [1.29, 1.82) is 0 Å². The number of likely N-dealkylation sites (tertiary alicyclic amines) is 1. The molecule has 2 fully saturated rings. The van der Waals surface area contributed by atoms with Gasteiger partial charge in [-0.1, -0.05) is 20.3 Å². The molecule has 1 N–H and O–H groups in total. The largest absolute Gasteiger partial charge is 0.395 e. The van der Waals surface area contributed by atoms with Gasteiger partial charge in [0.15, 0.2) is 0 Å². The van der Waals surface area contributed by atoms with Crippen LogP contribution in [-0.4, -0.2) is 59.6 Å². The highest BCUT2D eigenvalue weighted by Gasteiger charge is 2.30. The fourth-order valence-electron chi connectivity index (χ4n) is 3.41. The van der Waals surface area contributed by atoms with Gasteiger partial charge in [-0.05, 0) is 31.1 Å². The fraction of sp³-hybridized carbons (Fsp3) is 0.933. The number of nitrogens with zero attached hydrogens (tertiary/aromatic N) is 2. The van der Waals surface area contributed by atoms with Crippen molar-refractivity contribution >= 4 is 5.91 Å². The van der Waals surface area contributed by atoms with Crippen molar-refractivity contribution in [2.75, 3.05) is 32.8 Å². The van der Waals surface area contributed by atoms with Crippen LogP contribution >= 0.6 is 0 Å². The molecule has 1 aliphatic carbocycles. The van der Waals surface area contributed by atoms with Crippen molar-refractivity contribution in [3.05, 3.63) is 0 Å². The van der Waals surface area contributed by atoms with E-state index in [2.05, 4.69) is 18.7 Å². The van der Waals surface area contributed by atoms with Crippen LogP contribution in [0.2, 0.25) is 0 Å². The molecular formula is C15H28N2O2. The molecule has 1 aliphatic heterocycles. The smallest absolute Gasteiger partial charge is 0.236 e. The molecule has 2 aliphatic rings. The zero-order valence-electron chi connectivity index (χ0n) is 12.3. The highest BCUT2D eigenvalue weighted by Crippen LogP contribution is 2.25. The summed E-state index contributed by atoms with van der Waals surface area (Å²) in [4.78, 5) is 16.6. The van der Waals surface area contributed by atoms with E-state index in [4.69, 9.17) is 5.11 Å². The zero-order chi connectivity index (χ0) is 13.8. The summed E-state index contributed by atoms with van der Waals surface area (Å²) in [6.45, 7) is 7.54. The molecule has 1 amide bonds. The Labute approximate surface area is 116 Å². The molecule has 1 saturated heterocycles. The van der Waals surface area contributed by atoms with Gasteiger partial charge in [-0.15, -0.1) is 0 Å². The standard InChI is InChI=1S/C15H28N2O2/c1-12-8-13(2)10-17(9-12)15(19)11-16(6-7-18)14-4-3-5-14/h12-14,18H,3-11H2,1-2H3. The van der Waals surface area contributed by atoms with Crippen LogP contribution in [0.4, 0.5) is 0 Å². The number of aliphatic hydroxyl groups excluding tert-OH is 1. The molecular weight excluding hydrogens is 240 g/mol. The molecule has 2 atom stereocenters. The van der Waals surface area contributed by atoms with Gasteiger partial charge in [-0.25, -0.2) is 0 Å². The van der Waals surface area contributed by atoms with E-state index in [0.717, 1.165) is 13.1 Å². The molecule has 2 unspecified atom stereocenters. The number of carbonyl (C=O) groups is 1. The van der Waals surface area contributed by atoms with E-state index in [1.165, 1.54) is 25.7 Å². The van der Waals surface area contributed by atoms with Crippen LogP contribution in [0.15, 0.2) is 0 Å². The van der Waals surface area contributed by atoms with Gasteiger partial charge in [-0.2, -0.15) is 0 Å². The van der Waals surface area contributed by atoms with Crippen LogP contribution in [0.5, 0.6) is 0 Å². The van der Waals surface area contributed by atoms with E-state index < -0.39 is 0 Å². The molecule has 19 heavy (non-hydrogen) atoms. The maximum absolute atomic E-state index is 12.4. The number of aliphatic hydroxyl groups is 1.